The number of rotatable bonds is 1. The largest absolute Gasteiger partial charge is 0.386 e. The summed E-state index contributed by atoms with van der Waals surface area (Å²) in [7, 11) is 0. The quantitative estimate of drug-likeness (QED) is 0.475. The molecule has 2 rings (SSSR count). The van der Waals surface area contributed by atoms with Gasteiger partial charge < -0.3 is 9.84 Å². The maximum atomic E-state index is 9.71. The summed E-state index contributed by atoms with van der Waals surface area (Å²) in [6.07, 6.45) is 2.79. The fourth-order valence-corrected chi connectivity index (χ4v) is 2.08. The van der Waals surface area contributed by atoms with Crippen LogP contribution in [0.1, 0.15) is 27.2 Å². The van der Waals surface area contributed by atoms with E-state index >= 15 is 0 Å². The molecular formula is C10H16O2. The second-order valence-corrected chi connectivity index (χ2v) is 4.25. The molecule has 2 aliphatic rings. The van der Waals surface area contributed by atoms with Gasteiger partial charge in [0.15, 0.2) is 0 Å². The monoisotopic (exact) mass is 168 g/mol. The van der Waals surface area contributed by atoms with Crippen LogP contribution in [0.2, 0.25) is 0 Å². The van der Waals surface area contributed by atoms with Gasteiger partial charge in [-0.15, -0.1) is 0 Å². The second-order valence-electron chi connectivity index (χ2n) is 4.25. The Morgan fingerprint density at radius 2 is 2.33 bits per heavy atom. The number of ether oxygens (including phenoxy) is 1. The Morgan fingerprint density at radius 1 is 1.67 bits per heavy atom. The average molecular weight is 168 g/mol. The van der Waals surface area contributed by atoms with E-state index in [1.807, 2.05) is 6.92 Å². The van der Waals surface area contributed by atoms with E-state index in [0.717, 1.165) is 12.0 Å². The van der Waals surface area contributed by atoms with Crippen LogP contribution >= 0.6 is 0 Å². The molecule has 0 amide bonds. The molecule has 12 heavy (non-hydrogen) atoms. The normalized spacial score (nSPS) is 45.6. The Kier molecular flexibility index (Phi) is 1.61. The molecule has 68 valence electrons. The molecule has 3 atom stereocenters. The molecular weight excluding hydrogens is 152 g/mol. The van der Waals surface area contributed by atoms with Crippen LogP contribution in [0.25, 0.3) is 0 Å². The summed E-state index contributed by atoms with van der Waals surface area (Å²) in [4.78, 5) is 0. The predicted molar refractivity (Wildman–Crippen MR) is 46.8 cm³/mol. The van der Waals surface area contributed by atoms with Gasteiger partial charge in [0, 0.05) is 0 Å². The molecule has 1 N–H and O–H groups in total. The Bertz CT molecular complexity index is 232. The van der Waals surface area contributed by atoms with Crippen molar-refractivity contribution in [1.82, 2.24) is 0 Å². The van der Waals surface area contributed by atoms with E-state index in [2.05, 4.69) is 19.9 Å². The van der Waals surface area contributed by atoms with Crippen molar-refractivity contribution in [3.05, 3.63) is 11.6 Å². The lowest BCUT2D eigenvalue weighted by atomic mass is 9.81. The lowest BCUT2D eigenvalue weighted by molar-refractivity contribution is 0.167. The first-order valence-electron chi connectivity index (χ1n) is 4.60. The summed E-state index contributed by atoms with van der Waals surface area (Å²) in [5.74, 6) is 0.501. The molecule has 0 radical (unpaired) electrons. The van der Waals surface area contributed by atoms with Crippen molar-refractivity contribution >= 4 is 0 Å². The highest BCUT2D eigenvalue weighted by Crippen LogP contribution is 2.51. The van der Waals surface area contributed by atoms with Crippen molar-refractivity contribution < 1.29 is 9.84 Å². The summed E-state index contributed by atoms with van der Waals surface area (Å²) in [5, 5.41) is 9.71. The molecule has 0 aromatic carbocycles. The van der Waals surface area contributed by atoms with Crippen molar-refractivity contribution in [3.8, 4) is 0 Å². The van der Waals surface area contributed by atoms with Gasteiger partial charge in [-0.3, -0.25) is 0 Å². The molecule has 0 bridgehead atoms. The predicted octanol–water partition coefficient (Wildman–Crippen LogP) is 1.49. The highest BCUT2D eigenvalue weighted by atomic mass is 16.6. The van der Waals surface area contributed by atoms with Crippen molar-refractivity contribution in [2.24, 2.45) is 5.92 Å². The Morgan fingerprint density at radius 3 is 2.92 bits per heavy atom. The van der Waals surface area contributed by atoms with E-state index in [9.17, 15) is 5.11 Å². The number of epoxide rings is 1. The second kappa shape index (κ2) is 2.33. The van der Waals surface area contributed by atoms with E-state index in [0.29, 0.717) is 5.92 Å². The van der Waals surface area contributed by atoms with Gasteiger partial charge in [0.05, 0.1) is 0 Å². The zero-order chi connectivity index (χ0) is 8.93. The molecule has 0 aromatic heterocycles. The molecule has 1 aliphatic heterocycles. The number of aliphatic hydroxyl groups excluding tert-OH is 1. The van der Waals surface area contributed by atoms with Crippen LogP contribution in [0.5, 0.6) is 0 Å². The Labute approximate surface area is 73.2 Å². The topological polar surface area (TPSA) is 32.8 Å². The SMILES string of the molecule is CC1=CCC2(C(C)C)OC2C1O. The molecule has 1 aliphatic carbocycles. The van der Waals surface area contributed by atoms with Crippen molar-refractivity contribution in [2.75, 3.05) is 0 Å². The first-order valence-corrected chi connectivity index (χ1v) is 4.60. The third-order valence-corrected chi connectivity index (χ3v) is 3.24. The minimum atomic E-state index is -0.360. The number of aliphatic hydroxyl groups is 1. The smallest absolute Gasteiger partial charge is 0.118 e. The van der Waals surface area contributed by atoms with Crippen molar-refractivity contribution in [2.45, 2.75) is 45.0 Å². The molecule has 2 nitrogen and oxygen atoms in total. The van der Waals surface area contributed by atoms with Gasteiger partial charge in [0.2, 0.25) is 0 Å². The fraction of sp³-hybridized carbons (Fsp3) is 0.800. The average Bonchev–Trinajstić information content (AvgIpc) is 2.74. The summed E-state index contributed by atoms with van der Waals surface area (Å²) in [5.41, 5.74) is 1.03. The van der Waals surface area contributed by atoms with Crippen LogP contribution in [-0.2, 0) is 4.74 Å². The summed E-state index contributed by atoms with van der Waals surface area (Å²) in [6, 6.07) is 0. The van der Waals surface area contributed by atoms with Crippen LogP contribution < -0.4 is 0 Å². The van der Waals surface area contributed by atoms with Gasteiger partial charge in [-0.1, -0.05) is 19.9 Å². The first kappa shape index (κ1) is 8.27. The van der Waals surface area contributed by atoms with Crippen LogP contribution in [0.4, 0.5) is 0 Å². The molecule has 1 fully saturated rings. The van der Waals surface area contributed by atoms with Crippen molar-refractivity contribution in [1.29, 1.82) is 0 Å². The van der Waals surface area contributed by atoms with Crippen molar-refractivity contribution in [3.63, 3.8) is 0 Å². The van der Waals surface area contributed by atoms with E-state index in [1.54, 1.807) is 0 Å². The standard InChI is InChI=1S/C10H16O2/c1-6(2)10-5-4-7(3)8(11)9(10)12-10/h4,6,8-9,11H,5H2,1-3H3. The molecule has 0 spiro atoms. The third-order valence-electron chi connectivity index (χ3n) is 3.24. The van der Waals surface area contributed by atoms with Crippen LogP contribution in [-0.4, -0.2) is 22.9 Å². The van der Waals surface area contributed by atoms with Gasteiger partial charge in [-0.2, -0.15) is 0 Å². The van der Waals surface area contributed by atoms with Crippen LogP contribution in [0, 0.1) is 5.92 Å². The lowest BCUT2D eigenvalue weighted by Gasteiger charge is -2.22. The Hall–Kier alpha value is -0.340. The molecule has 1 heterocycles. The van der Waals surface area contributed by atoms with E-state index in [-0.39, 0.29) is 17.8 Å². The molecule has 3 unspecified atom stereocenters. The summed E-state index contributed by atoms with van der Waals surface area (Å²) < 4.78 is 5.61. The van der Waals surface area contributed by atoms with Gasteiger partial charge >= 0.3 is 0 Å². The minimum absolute atomic E-state index is 0.0288. The summed E-state index contributed by atoms with van der Waals surface area (Å²) in [6.45, 7) is 6.28. The highest BCUT2D eigenvalue weighted by molar-refractivity contribution is 5.25. The number of hydrogen-bond donors (Lipinski definition) is 1. The molecule has 2 heteroatoms. The molecule has 1 saturated heterocycles. The molecule has 0 saturated carbocycles. The number of hydrogen-bond acceptors (Lipinski definition) is 2. The Balaban J connectivity index is 2.20. The van der Waals surface area contributed by atoms with Gasteiger partial charge in [-0.05, 0) is 24.8 Å². The fourth-order valence-electron chi connectivity index (χ4n) is 2.08. The van der Waals surface area contributed by atoms with Crippen LogP contribution in [0.3, 0.4) is 0 Å². The highest BCUT2D eigenvalue weighted by Gasteiger charge is 2.62. The van der Waals surface area contributed by atoms with E-state index < -0.39 is 0 Å². The maximum absolute atomic E-state index is 9.71. The van der Waals surface area contributed by atoms with Gasteiger partial charge in [0.25, 0.3) is 0 Å². The molecule has 0 aromatic rings. The van der Waals surface area contributed by atoms with Gasteiger partial charge in [-0.25, -0.2) is 0 Å². The zero-order valence-corrected chi connectivity index (χ0v) is 7.87. The number of fused-ring (bicyclic) bond motifs is 1. The van der Waals surface area contributed by atoms with Crippen LogP contribution in [0.15, 0.2) is 11.6 Å². The van der Waals surface area contributed by atoms with Gasteiger partial charge in [0.1, 0.15) is 17.8 Å². The minimum Gasteiger partial charge on any atom is -0.386 e. The lowest BCUT2D eigenvalue weighted by Crippen LogP contribution is -2.32. The maximum Gasteiger partial charge on any atom is 0.118 e. The summed E-state index contributed by atoms with van der Waals surface area (Å²) >= 11 is 0. The van der Waals surface area contributed by atoms with E-state index in [1.165, 1.54) is 0 Å². The zero-order valence-electron chi connectivity index (χ0n) is 7.87. The van der Waals surface area contributed by atoms with E-state index in [4.69, 9.17) is 4.74 Å². The first-order chi connectivity index (χ1) is 5.58. The third kappa shape index (κ3) is 0.882.